The van der Waals surface area contributed by atoms with E-state index in [4.69, 9.17) is 11.6 Å². The number of phenolic OH excluding ortho intramolecular Hbond substituents is 1. The summed E-state index contributed by atoms with van der Waals surface area (Å²) in [7, 11) is 0. The summed E-state index contributed by atoms with van der Waals surface area (Å²) in [6.07, 6.45) is 2.83. The number of aliphatic hydroxyl groups excluding tert-OH is 1. The zero-order chi connectivity index (χ0) is 24.0. The molecule has 9 nitrogen and oxygen atoms in total. The van der Waals surface area contributed by atoms with E-state index in [0.29, 0.717) is 16.9 Å². The number of nitrogens with zero attached hydrogens (tertiary/aromatic N) is 3. The van der Waals surface area contributed by atoms with Crippen molar-refractivity contribution in [1.29, 1.82) is 0 Å². The Morgan fingerprint density at radius 1 is 1.09 bits per heavy atom. The number of benzene rings is 2. The molecule has 0 unspecified atom stereocenters. The zero-order valence-corrected chi connectivity index (χ0v) is 18.9. The summed E-state index contributed by atoms with van der Waals surface area (Å²) in [6, 6.07) is 10.9. The SMILES string of the molecule is CC(C)N(CCO)C(=O)c1cccc(Nc2ncc(NC(=O)c3cc(O)ccc3Cl)cn2)c1. The third-order valence-corrected chi connectivity index (χ3v) is 5.02. The second-order valence-electron chi connectivity index (χ2n) is 7.44. The van der Waals surface area contributed by atoms with Crippen molar-refractivity contribution in [2.45, 2.75) is 19.9 Å². The van der Waals surface area contributed by atoms with Gasteiger partial charge in [0.15, 0.2) is 0 Å². The molecule has 0 spiro atoms. The average Bonchev–Trinajstić information content (AvgIpc) is 2.80. The average molecular weight is 470 g/mol. The fourth-order valence-electron chi connectivity index (χ4n) is 3.07. The maximum Gasteiger partial charge on any atom is 0.257 e. The molecule has 3 rings (SSSR count). The van der Waals surface area contributed by atoms with Crippen molar-refractivity contribution in [2.75, 3.05) is 23.8 Å². The van der Waals surface area contributed by atoms with Crippen molar-refractivity contribution >= 4 is 40.7 Å². The van der Waals surface area contributed by atoms with E-state index >= 15 is 0 Å². The highest BCUT2D eigenvalue weighted by Gasteiger charge is 2.18. The molecule has 2 amide bonds. The number of halogens is 1. The van der Waals surface area contributed by atoms with Crippen molar-refractivity contribution in [2.24, 2.45) is 0 Å². The Balaban J connectivity index is 1.69. The first kappa shape index (κ1) is 24.0. The molecule has 0 aliphatic heterocycles. The molecular weight excluding hydrogens is 446 g/mol. The lowest BCUT2D eigenvalue weighted by molar-refractivity contribution is 0.0665. The van der Waals surface area contributed by atoms with Crippen LogP contribution in [0.5, 0.6) is 5.75 Å². The predicted octanol–water partition coefficient (Wildman–Crippen LogP) is 3.67. The standard InChI is InChI=1S/C23H24ClN5O4/c1-14(2)29(8-9-30)22(33)15-4-3-5-16(10-15)28-23-25-12-17(13-26-23)27-21(32)19-11-18(31)6-7-20(19)24/h3-7,10-14,30-31H,8-9H2,1-2H3,(H,27,32)(H,25,26,28). The predicted molar refractivity (Wildman–Crippen MR) is 126 cm³/mol. The van der Waals surface area contributed by atoms with Gasteiger partial charge in [0, 0.05) is 23.8 Å². The lowest BCUT2D eigenvalue weighted by atomic mass is 10.1. The molecule has 0 aliphatic carbocycles. The van der Waals surface area contributed by atoms with Crippen molar-refractivity contribution in [3.63, 3.8) is 0 Å². The van der Waals surface area contributed by atoms with Crippen LogP contribution in [-0.4, -0.2) is 56.1 Å². The number of rotatable bonds is 8. The van der Waals surface area contributed by atoms with Crippen LogP contribution in [0.15, 0.2) is 54.9 Å². The first-order valence-corrected chi connectivity index (χ1v) is 10.6. The zero-order valence-electron chi connectivity index (χ0n) is 18.1. The second kappa shape index (κ2) is 10.8. The number of hydrogen-bond donors (Lipinski definition) is 4. The summed E-state index contributed by atoms with van der Waals surface area (Å²) in [5.74, 6) is -0.505. The van der Waals surface area contributed by atoms with Crippen LogP contribution < -0.4 is 10.6 Å². The minimum absolute atomic E-state index is 0.0536. The van der Waals surface area contributed by atoms with Gasteiger partial charge in [-0.3, -0.25) is 9.59 Å². The van der Waals surface area contributed by atoms with E-state index in [-0.39, 0.29) is 47.4 Å². The summed E-state index contributed by atoms with van der Waals surface area (Å²) in [6.45, 7) is 3.91. The fraction of sp³-hybridized carbons (Fsp3) is 0.217. The Morgan fingerprint density at radius 2 is 1.82 bits per heavy atom. The molecule has 0 atom stereocenters. The van der Waals surface area contributed by atoms with Crippen molar-refractivity contribution < 1.29 is 19.8 Å². The molecular formula is C23H24ClN5O4. The molecule has 4 N–H and O–H groups in total. The van der Waals surface area contributed by atoms with Crippen LogP contribution in [0.4, 0.5) is 17.3 Å². The van der Waals surface area contributed by atoms with E-state index in [1.165, 1.54) is 30.6 Å². The van der Waals surface area contributed by atoms with E-state index < -0.39 is 5.91 Å². The van der Waals surface area contributed by atoms with Crippen LogP contribution in [0.1, 0.15) is 34.6 Å². The van der Waals surface area contributed by atoms with Crippen LogP contribution in [0.25, 0.3) is 0 Å². The third-order valence-electron chi connectivity index (χ3n) is 4.70. The van der Waals surface area contributed by atoms with Crippen LogP contribution in [-0.2, 0) is 0 Å². The largest absolute Gasteiger partial charge is 0.508 e. The van der Waals surface area contributed by atoms with Gasteiger partial charge in [0.1, 0.15) is 5.75 Å². The Kier molecular flexibility index (Phi) is 7.81. The minimum atomic E-state index is -0.510. The molecule has 10 heteroatoms. The minimum Gasteiger partial charge on any atom is -0.508 e. The maximum atomic E-state index is 12.8. The Hall–Kier alpha value is -3.69. The highest BCUT2D eigenvalue weighted by atomic mass is 35.5. The highest BCUT2D eigenvalue weighted by molar-refractivity contribution is 6.34. The van der Waals surface area contributed by atoms with Gasteiger partial charge in [-0.15, -0.1) is 0 Å². The fourth-order valence-corrected chi connectivity index (χ4v) is 3.27. The van der Waals surface area contributed by atoms with E-state index in [2.05, 4.69) is 20.6 Å². The molecule has 172 valence electrons. The third kappa shape index (κ3) is 6.18. The maximum absolute atomic E-state index is 12.8. The number of hydrogen-bond acceptors (Lipinski definition) is 7. The smallest absolute Gasteiger partial charge is 0.257 e. The Bertz CT molecular complexity index is 1140. The highest BCUT2D eigenvalue weighted by Crippen LogP contribution is 2.22. The lowest BCUT2D eigenvalue weighted by Gasteiger charge is -2.26. The van der Waals surface area contributed by atoms with Crippen molar-refractivity contribution in [1.82, 2.24) is 14.9 Å². The van der Waals surface area contributed by atoms with Gasteiger partial charge in [-0.1, -0.05) is 17.7 Å². The van der Waals surface area contributed by atoms with Crippen molar-refractivity contribution in [3.8, 4) is 5.75 Å². The van der Waals surface area contributed by atoms with E-state index in [9.17, 15) is 19.8 Å². The lowest BCUT2D eigenvalue weighted by Crippen LogP contribution is -2.39. The van der Waals surface area contributed by atoms with E-state index in [1.807, 2.05) is 13.8 Å². The van der Waals surface area contributed by atoms with Gasteiger partial charge in [-0.2, -0.15) is 0 Å². The molecule has 2 aromatic carbocycles. The monoisotopic (exact) mass is 469 g/mol. The molecule has 0 saturated heterocycles. The molecule has 3 aromatic rings. The topological polar surface area (TPSA) is 128 Å². The van der Waals surface area contributed by atoms with Gasteiger partial charge in [-0.25, -0.2) is 9.97 Å². The normalized spacial score (nSPS) is 10.7. The van der Waals surface area contributed by atoms with Crippen LogP contribution in [0.2, 0.25) is 5.02 Å². The number of amides is 2. The number of nitrogens with one attached hydrogen (secondary N) is 2. The second-order valence-corrected chi connectivity index (χ2v) is 7.84. The molecule has 33 heavy (non-hydrogen) atoms. The molecule has 0 aliphatic rings. The summed E-state index contributed by atoms with van der Waals surface area (Å²) in [5.41, 5.74) is 1.54. The molecule has 0 saturated carbocycles. The van der Waals surface area contributed by atoms with Gasteiger partial charge in [0.25, 0.3) is 11.8 Å². The molecule has 0 fully saturated rings. The molecule has 0 bridgehead atoms. The number of carbonyl (C=O) groups is 2. The van der Waals surface area contributed by atoms with E-state index in [1.54, 1.807) is 29.2 Å². The van der Waals surface area contributed by atoms with Crippen molar-refractivity contribution in [3.05, 3.63) is 71.0 Å². The number of aliphatic hydroxyl groups is 1. The van der Waals surface area contributed by atoms with Gasteiger partial charge in [0.05, 0.1) is 35.3 Å². The number of phenols is 1. The first-order chi connectivity index (χ1) is 15.8. The summed E-state index contributed by atoms with van der Waals surface area (Å²) < 4.78 is 0. The molecule has 1 heterocycles. The van der Waals surface area contributed by atoms with Gasteiger partial charge >= 0.3 is 0 Å². The van der Waals surface area contributed by atoms with E-state index in [0.717, 1.165) is 0 Å². The van der Waals surface area contributed by atoms with Crippen LogP contribution >= 0.6 is 11.6 Å². The van der Waals surface area contributed by atoms with Crippen LogP contribution in [0.3, 0.4) is 0 Å². The summed E-state index contributed by atoms with van der Waals surface area (Å²) in [5, 5.41) is 24.6. The van der Waals surface area contributed by atoms with Crippen LogP contribution in [0, 0.1) is 0 Å². The Labute approximate surface area is 196 Å². The number of aromatic nitrogens is 2. The number of aromatic hydroxyl groups is 1. The number of carbonyl (C=O) groups excluding carboxylic acids is 2. The quantitative estimate of drug-likeness (QED) is 0.396. The molecule has 1 aromatic heterocycles. The Morgan fingerprint density at radius 3 is 2.48 bits per heavy atom. The molecule has 0 radical (unpaired) electrons. The number of anilines is 3. The summed E-state index contributed by atoms with van der Waals surface area (Å²) in [4.78, 5) is 35.1. The van der Waals surface area contributed by atoms with Gasteiger partial charge < -0.3 is 25.7 Å². The summed E-state index contributed by atoms with van der Waals surface area (Å²) >= 11 is 6.01. The first-order valence-electron chi connectivity index (χ1n) is 10.2. The van der Waals surface area contributed by atoms with Gasteiger partial charge in [-0.05, 0) is 50.2 Å². The van der Waals surface area contributed by atoms with Gasteiger partial charge in [0.2, 0.25) is 5.95 Å².